The van der Waals surface area contributed by atoms with E-state index in [9.17, 15) is 4.79 Å². The second-order valence-corrected chi connectivity index (χ2v) is 8.17. The first-order valence-electron chi connectivity index (χ1n) is 10.9. The van der Waals surface area contributed by atoms with Crippen LogP contribution in [0.2, 0.25) is 0 Å². The van der Waals surface area contributed by atoms with Crippen LogP contribution in [0, 0.1) is 6.92 Å². The normalized spacial score (nSPS) is 13.5. The molecule has 31 heavy (non-hydrogen) atoms. The van der Waals surface area contributed by atoms with Crippen LogP contribution in [0.25, 0.3) is 11.1 Å². The molecule has 0 aliphatic heterocycles. The Morgan fingerprint density at radius 2 is 1.71 bits per heavy atom. The van der Waals surface area contributed by atoms with E-state index in [1.807, 2.05) is 18.2 Å². The van der Waals surface area contributed by atoms with Gasteiger partial charge in [0.25, 0.3) is 0 Å². The topological polar surface area (TPSA) is 61.5 Å². The molecule has 0 aromatic heterocycles. The van der Waals surface area contributed by atoms with Crippen molar-refractivity contribution >= 4 is 5.97 Å². The SMILES string of the molecule is Cc1c(COc2ccc(COC(=O)[C@H](C)N)c3c2CCC3)cccc1-c1ccccc1. The minimum atomic E-state index is -0.606. The van der Waals surface area contributed by atoms with Crippen LogP contribution in [0.1, 0.15) is 41.2 Å². The zero-order chi connectivity index (χ0) is 21.8. The van der Waals surface area contributed by atoms with Gasteiger partial charge in [-0.05, 0) is 78.1 Å². The van der Waals surface area contributed by atoms with Crippen molar-refractivity contribution in [1.82, 2.24) is 0 Å². The molecule has 0 radical (unpaired) electrons. The lowest BCUT2D eigenvalue weighted by atomic mass is 9.97. The second kappa shape index (κ2) is 9.36. The van der Waals surface area contributed by atoms with E-state index in [-0.39, 0.29) is 12.6 Å². The van der Waals surface area contributed by atoms with Gasteiger partial charge in [-0.25, -0.2) is 0 Å². The highest BCUT2D eigenvalue weighted by Crippen LogP contribution is 2.35. The molecule has 0 amide bonds. The minimum Gasteiger partial charge on any atom is -0.489 e. The molecule has 4 nitrogen and oxygen atoms in total. The van der Waals surface area contributed by atoms with Gasteiger partial charge < -0.3 is 15.2 Å². The third kappa shape index (κ3) is 4.64. The van der Waals surface area contributed by atoms with Crippen molar-refractivity contribution in [2.45, 2.75) is 52.4 Å². The van der Waals surface area contributed by atoms with Crippen molar-refractivity contribution in [3.63, 3.8) is 0 Å². The standard InChI is InChI=1S/C27H29NO3/c1-18-21(10-6-11-23(18)20-8-4-3-5-9-20)16-30-26-15-14-22(17-31-27(29)19(2)28)24-12-7-13-25(24)26/h3-6,8-11,14-15,19H,7,12-13,16-17,28H2,1-2H3/t19-/m0/s1. The molecule has 3 aromatic rings. The lowest BCUT2D eigenvalue weighted by Gasteiger charge is -2.17. The first-order chi connectivity index (χ1) is 15.0. The Kier molecular flexibility index (Phi) is 6.38. The van der Waals surface area contributed by atoms with Gasteiger partial charge in [0.05, 0.1) is 0 Å². The van der Waals surface area contributed by atoms with Crippen LogP contribution in [0.3, 0.4) is 0 Å². The Morgan fingerprint density at radius 1 is 0.935 bits per heavy atom. The van der Waals surface area contributed by atoms with Gasteiger partial charge in [-0.3, -0.25) is 4.79 Å². The third-order valence-electron chi connectivity index (χ3n) is 5.99. The first-order valence-corrected chi connectivity index (χ1v) is 10.9. The zero-order valence-electron chi connectivity index (χ0n) is 18.2. The Bertz CT molecular complexity index is 1070. The summed E-state index contributed by atoms with van der Waals surface area (Å²) in [7, 11) is 0. The fraction of sp³-hybridized carbons (Fsp3) is 0.296. The van der Waals surface area contributed by atoms with E-state index in [1.54, 1.807) is 6.92 Å². The number of esters is 1. The number of ether oxygens (including phenoxy) is 2. The van der Waals surface area contributed by atoms with E-state index in [0.29, 0.717) is 6.61 Å². The molecule has 4 rings (SSSR count). The molecule has 4 heteroatoms. The summed E-state index contributed by atoms with van der Waals surface area (Å²) < 4.78 is 11.6. The van der Waals surface area contributed by atoms with Crippen molar-refractivity contribution in [3.8, 4) is 16.9 Å². The predicted molar refractivity (Wildman–Crippen MR) is 123 cm³/mol. The van der Waals surface area contributed by atoms with E-state index >= 15 is 0 Å². The number of carbonyl (C=O) groups excluding carboxylic acids is 1. The molecule has 1 aliphatic rings. The van der Waals surface area contributed by atoms with Crippen LogP contribution >= 0.6 is 0 Å². The number of carbonyl (C=O) groups is 1. The van der Waals surface area contributed by atoms with Gasteiger partial charge >= 0.3 is 5.97 Å². The maximum atomic E-state index is 11.7. The van der Waals surface area contributed by atoms with Crippen molar-refractivity contribution in [1.29, 1.82) is 0 Å². The molecule has 3 aromatic carbocycles. The zero-order valence-corrected chi connectivity index (χ0v) is 18.2. The lowest BCUT2D eigenvalue weighted by molar-refractivity contribution is -0.146. The van der Waals surface area contributed by atoms with E-state index in [4.69, 9.17) is 15.2 Å². The summed E-state index contributed by atoms with van der Waals surface area (Å²) in [6.45, 7) is 4.58. The predicted octanol–water partition coefficient (Wildman–Crippen LogP) is 5.12. The summed E-state index contributed by atoms with van der Waals surface area (Å²) in [6, 6.07) is 20.2. The van der Waals surface area contributed by atoms with Crippen LogP contribution in [-0.2, 0) is 35.6 Å². The van der Waals surface area contributed by atoms with E-state index in [0.717, 1.165) is 30.6 Å². The van der Waals surface area contributed by atoms with Crippen molar-refractivity contribution in [2.24, 2.45) is 5.73 Å². The Balaban J connectivity index is 1.51. The van der Waals surface area contributed by atoms with Crippen LogP contribution in [-0.4, -0.2) is 12.0 Å². The number of rotatable bonds is 7. The average molecular weight is 416 g/mol. The van der Waals surface area contributed by atoms with Gasteiger partial charge in [-0.2, -0.15) is 0 Å². The molecule has 0 bridgehead atoms. The van der Waals surface area contributed by atoms with Crippen molar-refractivity contribution in [2.75, 3.05) is 0 Å². The summed E-state index contributed by atoms with van der Waals surface area (Å²) in [5, 5.41) is 0. The molecule has 160 valence electrons. The van der Waals surface area contributed by atoms with Crippen LogP contribution < -0.4 is 10.5 Å². The molecule has 0 saturated heterocycles. The Hall–Kier alpha value is -3.11. The molecule has 1 aliphatic carbocycles. The molecular formula is C27H29NO3. The van der Waals surface area contributed by atoms with E-state index in [1.165, 1.54) is 33.4 Å². The average Bonchev–Trinajstić information content (AvgIpc) is 3.28. The smallest absolute Gasteiger partial charge is 0.322 e. The summed E-state index contributed by atoms with van der Waals surface area (Å²) in [5.74, 6) is 0.556. The van der Waals surface area contributed by atoms with E-state index < -0.39 is 6.04 Å². The van der Waals surface area contributed by atoms with Crippen molar-refractivity contribution < 1.29 is 14.3 Å². The third-order valence-corrected chi connectivity index (χ3v) is 5.99. The number of hydrogen-bond acceptors (Lipinski definition) is 4. The number of hydrogen-bond donors (Lipinski definition) is 1. The minimum absolute atomic E-state index is 0.265. The molecule has 0 unspecified atom stereocenters. The molecule has 1 atom stereocenters. The molecule has 0 spiro atoms. The quantitative estimate of drug-likeness (QED) is 0.544. The largest absolute Gasteiger partial charge is 0.489 e. The summed E-state index contributed by atoms with van der Waals surface area (Å²) in [6.07, 6.45) is 3.06. The van der Waals surface area contributed by atoms with Crippen LogP contribution in [0.15, 0.2) is 60.7 Å². The van der Waals surface area contributed by atoms with Gasteiger partial charge in [0.1, 0.15) is 25.0 Å². The van der Waals surface area contributed by atoms with Crippen LogP contribution in [0.4, 0.5) is 0 Å². The highest BCUT2D eigenvalue weighted by molar-refractivity contribution is 5.75. The molecular weight excluding hydrogens is 386 g/mol. The van der Waals surface area contributed by atoms with Gasteiger partial charge in [0, 0.05) is 0 Å². The lowest BCUT2D eigenvalue weighted by Crippen LogP contribution is -2.28. The summed E-state index contributed by atoms with van der Waals surface area (Å²) in [4.78, 5) is 11.7. The first kappa shape index (κ1) is 21.1. The monoisotopic (exact) mass is 415 g/mol. The van der Waals surface area contributed by atoms with Crippen molar-refractivity contribution in [3.05, 3.63) is 88.5 Å². The number of benzene rings is 3. The fourth-order valence-electron chi connectivity index (χ4n) is 4.22. The summed E-state index contributed by atoms with van der Waals surface area (Å²) >= 11 is 0. The summed E-state index contributed by atoms with van der Waals surface area (Å²) in [5.41, 5.74) is 14.0. The second-order valence-electron chi connectivity index (χ2n) is 8.17. The number of nitrogens with two attached hydrogens (primary N) is 1. The fourth-order valence-corrected chi connectivity index (χ4v) is 4.22. The van der Waals surface area contributed by atoms with Gasteiger partial charge in [0.2, 0.25) is 0 Å². The van der Waals surface area contributed by atoms with Gasteiger partial charge in [0.15, 0.2) is 0 Å². The molecule has 2 N–H and O–H groups in total. The molecule has 0 heterocycles. The highest BCUT2D eigenvalue weighted by atomic mass is 16.5. The molecule has 0 fully saturated rings. The highest BCUT2D eigenvalue weighted by Gasteiger charge is 2.21. The molecule has 0 saturated carbocycles. The van der Waals surface area contributed by atoms with Gasteiger partial charge in [-0.15, -0.1) is 0 Å². The van der Waals surface area contributed by atoms with Crippen LogP contribution in [0.5, 0.6) is 5.75 Å². The van der Waals surface area contributed by atoms with Gasteiger partial charge in [-0.1, -0.05) is 54.6 Å². The Morgan fingerprint density at radius 3 is 2.48 bits per heavy atom. The maximum Gasteiger partial charge on any atom is 0.322 e. The van der Waals surface area contributed by atoms with E-state index in [2.05, 4.69) is 49.4 Å². The maximum absolute atomic E-state index is 11.7. The Labute approximate surface area is 184 Å². The number of fused-ring (bicyclic) bond motifs is 1.